The van der Waals surface area contributed by atoms with Crippen LogP contribution in [-0.2, 0) is 14.3 Å². The van der Waals surface area contributed by atoms with E-state index in [0.29, 0.717) is 5.75 Å². The predicted octanol–water partition coefficient (Wildman–Crippen LogP) is 3.71. The molecule has 2 aromatic rings. The van der Waals surface area contributed by atoms with E-state index in [2.05, 4.69) is 10.3 Å². The number of hydrogen-bond donors (Lipinski definition) is 1. The number of carbonyl (C=O) groups is 2. The maximum atomic E-state index is 12.9. The molecule has 1 heterocycles. The highest BCUT2D eigenvalue weighted by atomic mass is 32.1. The number of nitrogens with one attached hydrogen (secondary N) is 1. The third-order valence-corrected chi connectivity index (χ3v) is 5.31. The Hall–Kier alpha value is -3.40. The lowest BCUT2D eigenvalue weighted by Crippen LogP contribution is -2.44. The summed E-state index contributed by atoms with van der Waals surface area (Å²) in [7, 11) is 3.03. The van der Waals surface area contributed by atoms with Crippen LogP contribution < -0.4 is 24.3 Å². The Labute approximate surface area is 211 Å². The van der Waals surface area contributed by atoms with E-state index in [9.17, 15) is 9.59 Å². The highest BCUT2D eigenvalue weighted by Crippen LogP contribution is 2.30. The standard InChI is InChI=1S/C25H32N2O7S/c1-14(2)22(16(4)32-19-10-8-18(30-6)9-11-19)34-25(29)15(3)27-24(35)21-23(33-17(5)28)20(31-7)12-13-26-21/h8-16,22H,1-7H3,(H,27,35)/t15-,16-,22+/m0/s1. The van der Waals surface area contributed by atoms with Crippen molar-refractivity contribution in [1.29, 1.82) is 0 Å². The fraction of sp³-hybridized carbons (Fsp3) is 0.440. The van der Waals surface area contributed by atoms with Gasteiger partial charge in [-0.2, -0.15) is 0 Å². The van der Waals surface area contributed by atoms with E-state index in [-0.39, 0.29) is 28.1 Å². The molecule has 0 aliphatic carbocycles. The maximum absolute atomic E-state index is 12.9. The summed E-state index contributed by atoms with van der Waals surface area (Å²) < 4.78 is 27.4. The number of esters is 2. The molecule has 10 heteroatoms. The van der Waals surface area contributed by atoms with Crippen molar-refractivity contribution in [2.45, 2.75) is 52.9 Å². The lowest BCUT2D eigenvalue weighted by atomic mass is 10.0. The molecule has 190 valence electrons. The smallest absolute Gasteiger partial charge is 0.328 e. The molecule has 0 bridgehead atoms. The Morgan fingerprint density at radius 3 is 2.14 bits per heavy atom. The van der Waals surface area contributed by atoms with Crippen LogP contribution >= 0.6 is 12.2 Å². The van der Waals surface area contributed by atoms with E-state index < -0.39 is 30.2 Å². The van der Waals surface area contributed by atoms with Gasteiger partial charge in [0.05, 0.1) is 14.2 Å². The number of hydrogen-bond acceptors (Lipinski definition) is 9. The number of benzene rings is 1. The van der Waals surface area contributed by atoms with Crippen LogP contribution in [0, 0.1) is 5.92 Å². The average Bonchev–Trinajstić information content (AvgIpc) is 2.82. The van der Waals surface area contributed by atoms with Gasteiger partial charge in [0.15, 0.2) is 5.75 Å². The van der Waals surface area contributed by atoms with Gasteiger partial charge in [-0.3, -0.25) is 4.79 Å². The fourth-order valence-electron chi connectivity index (χ4n) is 3.27. The third-order valence-electron chi connectivity index (χ3n) is 5.00. The largest absolute Gasteiger partial charge is 0.497 e. The van der Waals surface area contributed by atoms with Crippen molar-refractivity contribution >= 4 is 29.1 Å². The summed E-state index contributed by atoms with van der Waals surface area (Å²) in [4.78, 5) is 28.7. The molecule has 0 saturated carbocycles. The molecule has 0 aliphatic rings. The summed E-state index contributed by atoms with van der Waals surface area (Å²) in [5.74, 6) is 0.620. The van der Waals surface area contributed by atoms with E-state index in [0.717, 1.165) is 5.75 Å². The SMILES string of the molecule is COc1ccc(O[C@@H](C)[C@H](OC(=O)[C@H](C)NC(=S)c2nccc(OC)c2OC(C)=O)C(C)C)cc1. The first-order chi connectivity index (χ1) is 16.6. The van der Waals surface area contributed by atoms with E-state index in [4.69, 9.17) is 35.9 Å². The van der Waals surface area contributed by atoms with Crippen molar-refractivity contribution in [1.82, 2.24) is 10.3 Å². The number of thiocarbonyl (C=S) groups is 1. The molecule has 35 heavy (non-hydrogen) atoms. The van der Waals surface area contributed by atoms with Crippen molar-refractivity contribution in [3.05, 3.63) is 42.2 Å². The van der Waals surface area contributed by atoms with Crippen LogP contribution in [0.25, 0.3) is 0 Å². The van der Waals surface area contributed by atoms with Gasteiger partial charge >= 0.3 is 11.9 Å². The maximum Gasteiger partial charge on any atom is 0.328 e. The Kier molecular flexibility index (Phi) is 10.3. The molecule has 0 spiro atoms. The summed E-state index contributed by atoms with van der Waals surface area (Å²) in [6.07, 6.45) is 0.529. The number of aromatic nitrogens is 1. The molecule has 0 unspecified atom stereocenters. The zero-order chi connectivity index (χ0) is 26.1. The molecular weight excluding hydrogens is 472 g/mol. The molecule has 0 amide bonds. The first kappa shape index (κ1) is 27.8. The molecule has 0 saturated heterocycles. The van der Waals surface area contributed by atoms with Crippen LogP contribution in [0.3, 0.4) is 0 Å². The van der Waals surface area contributed by atoms with Crippen LogP contribution in [0.15, 0.2) is 36.5 Å². The summed E-state index contributed by atoms with van der Waals surface area (Å²) >= 11 is 5.42. The third kappa shape index (κ3) is 7.81. The van der Waals surface area contributed by atoms with Crippen LogP contribution in [0.1, 0.15) is 40.3 Å². The summed E-state index contributed by atoms with van der Waals surface area (Å²) in [5.41, 5.74) is 0.172. The van der Waals surface area contributed by atoms with Gasteiger partial charge in [-0.25, -0.2) is 9.78 Å². The molecular formula is C25H32N2O7S. The van der Waals surface area contributed by atoms with Crippen LogP contribution in [0.2, 0.25) is 0 Å². The van der Waals surface area contributed by atoms with Gasteiger partial charge in [-0.15, -0.1) is 0 Å². The van der Waals surface area contributed by atoms with Crippen molar-refractivity contribution in [3.8, 4) is 23.0 Å². The molecule has 9 nitrogen and oxygen atoms in total. The van der Waals surface area contributed by atoms with Gasteiger partial charge in [0.2, 0.25) is 5.75 Å². The Morgan fingerprint density at radius 1 is 0.971 bits per heavy atom. The van der Waals surface area contributed by atoms with Crippen LogP contribution in [-0.4, -0.2) is 54.4 Å². The lowest BCUT2D eigenvalue weighted by molar-refractivity contribution is -0.158. The molecule has 1 aromatic heterocycles. The molecule has 3 atom stereocenters. The van der Waals surface area contributed by atoms with E-state index >= 15 is 0 Å². The molecule has 1 N–H and O–H groups in total. The number of carbonyl (C=O) groups excluding carboxylic acids is 2. The first-order valence-corrected chi connectivity index (χ1v) is 11.5. The highest BCUT2D eigenvalue weighted by Gasteiger charge is 2.30. The quantitative estimate of drug-likeness (QED) is 0.360. The number of pyridine rings is 1. The topological polar surface area (TPSA) is 105 Å². The van der Waals surface area contributed by atoms with Crippen molar-refractivity contribution in [3.63, 3.8) is 0 Å². The summed E-state index contributed by atoms with van der Waals surface area (Å²) in [5, 5.41) is 2.90. The second kappa shape index (κ2) is 12.9. The highest BCUT2D eigenvalue weighted by molar-refractivity contribution is 7.80. The second-order valence-corrected chi connectivity index (χ2v) is 8.53. The number of methoxy groups -OCH3 is 2. The molecule has 2 rings (SSSR count). The Balaban J connectivity index is 2.09. The number of rotatable bonds is 11. The zero-order valence-electron chi connectivity index (χ0n) is 21.0. The lowest BCUT2D eigenvalue weighted by Gasteiger charge is -2.29. The van der Waals surface area contributed by atoms with Crippen molar-refractivity contribution in [2.75, 3.05) is 14.2 Å². The minimum Gasteiger partial charge on any atom is -0.497 e. The van der Waals surface area contributed by atoms with Gasteiger partial charge in [0, 0.05) is 19.2 Å². The molecule has 1 aromatic carbocycles. The second-order valence-electron chi connectivity index (χ2n) is 8.12. The first-order valence-electron chi connectivity index (χ1n) is 11.1. The summed E-state index contributed by atoms with van der Waals surface area (Å²) in [6, 6.07) is 7.90. The average molecular weight is 505 g/mol. The minimum atomic E-state index is -0.810. The Bertz CT molecular complexity index is 1030. The van der Waals surface area contributed by atoms with Gasteiger partial charge in [-0.1, -0.05) is 26.1 Å². The monoisotopic (exact) mass is 504 g/mol. The van der Waals surface area contributed by atoms with Gasteiger partial charge < -0.3 is 29.0 Å². The normalized spacial score (nSPS) is 13.3. The number of nitrogens with zero attached hydrogens (tertiary/aromatic N) is 1. The fourth-order valence-corrected chi connectivity index (χ4v) is 3.59. The molecule has 0 fully saturated rings. The van der Waals surface area contributed by atoms with Crippen LogP contribution in [0.4, 0.5) is 0 Å². The number of ether oxygens (including phenoxy) is 5. The molecule has 0 radical (unpaired) electrons. The Morgan fingerprint density at radius 2 is 1.60 bits per heavy atom. The van der Waals surface area contributed by atoms with E-state index in [1.165, 1.54) is 20.2 Å². The van der Waals surface area contributed by atoms with Gasteiger partial charge in [-0.05, 0) is 44.0 Å². The minimum absolute atomic E-state index is 0.0121. The van der Waals surface area contributed by atoms with Gasteiger partial charge in [0.25, 0.3) is 0 Å². The zero-order valence-corrected chi connectivity index (χ0v) is 21.8. The van der Waals surface area contributed by atoms with E-state index in [1.807, 2.05) is 20.8 Å². The van der Waals surface area contributed by atoms with Crippen molar-refractivity contribution in [2.24, 2.45) is 5.92 Å². The van der Waals surface area contributed by atoms with Crippen LogP contribution in [0.5, 0.6) is 23.0 Å². The summed E-state index contributed by atoms with van der Waals surface area (Å²) in [6.45, 7) is 8.61. The predicted molar refractivity (Wildman–Crippen MR) is 134 cm³/mol. The molecule has 0 aliphatic heterocycles. The van der Waals surface area contributed by atoms with E-state index in [1.54, 1.807) is 44.4 Å². The van der Waals surface area contributed by atoms with Crippen molar-refractivity contribution < 1.29 is 33.3 Å². The van der Waals surface area contributed by atoms with Gasteiger partial charge in [0.1, 0.15) is 40.4 Å².